The molecule has 0 saturated carbocycles. The molecule has 0 spiro atoms. The number of carbonyl (C=O) groups is 1. The first-order valence-electron chi connectivity index (χ1n) is 19.5. The van der Waals surface area contributed by atoms with Gasteiger partial charge in [0.2, 0.25) is 0 Å². The maximum absolute atomic E-state index is 14.3. The van der Waals surface area contributed by atoms with Crippen LogP contribution in [0.2, 0.25) is 0 Å². The van der Waals surface area contributed by atoms with Gasteiger partial charge in [-0.2, -0.15) is 0 Å². The molecule has 5 unspecified atom stereocenters. The zero-order valence-corrected chi connectivity index (χ0v) is 34.2. The summed E-state index contributed by atoms with van der Waals surface area (Å²) in [6.45, 7) is 18.1. The van der Waals surface area contributed by atoms with Gasteiger partial charge in [0.05, 0.1) is 53.4 Å². The van der Waals surface area contributed by atoms with Crippen molar-refractivity contribution in [3.63, 3.8) is 0 Å². The molecule has 3 aliphatic rings. The first kappa shape index (κ1) is 45.5. The average molecular weight is 755 g/mol. The van der Waals surface area contributed by atoms with E-state index in [1.807, 2.05) is 27.8 Å². The summed E-state index contributed by atoms with van der Waals surface area (Å²) in [5.41, 5.74) is -4.40. The van der Waals surface area contributed by atoms with Crippen molar-refractivity contribution in [3.05, 3.63) is 0 Å². The van der Waals surface area contributed by atoms with E-state index in [1.54, 1.807) is 41.5 Å². The Morgan fingerprint density at radius 3 is 2.21 bits per heavy atom. The number of oxime groups is 1. The number of carbonyl (C=O) groups excluding carboxylic acids is 1. The number of methoxy groups -OCH3 is 1. The molecule has 0 radical (unpaired) electrons. The Hall–Kier alpha value is -1.86. The molecule has 13 nitrogen and oxygen atoms in total. The highest BCUT2D eigenvalue weighted by Gasteiger charge is 2.55. The Morgan fingerprint density at radius 2 is 1.64 bits per heavy atom. The lowest BCUT2D eigenvalue weighted by Gasteiger charge is -2.51. The number of ether oxygens (including phenoxy) is 5. The third-order valence-corrected chi connectivity index (χ3v) is 12.8. The fourth-order valence-electron chi connectivity index (χ4n) is 9.46. The molecule has 3 saturated heterocycles. The molecule has 0 aromatic carbocycles. The van der Waals surface area contributed by atoms with Gasteiger partial charge in [-0.25, -0.2) is 0 Å². The Labute approximate surface area is 317 Å². The Morgan fingerprint density at radius 1 is 1.00 bits per heavy atom. The summed E-state index contributed by atoms with van der Waals surface area (Å²) >= 11 is 0. The number of aliphatic hydroxyl groups is 4. The number of cyclic esters (lactones) is 1. The predicted molar refractivity (Wildman–Crippen MR) is 200 cm³/mol. The molecular formula is C40H70N2O11. The van der Waals surface area contributed by atoms with E-state index in [2.05, 4.69) is 16.0 Å². The number of nitrogens with zero attached hydrogens (tertiary/aromatic N) is 2. The molecule has 53 heavy (non-hydrogen) atoms. The Bertz CT molecular complexity index is 1270. The SMILES string of the molecule is C#CCCN(C)C1CC(O[C@@H]2[C@@H](C)[C@H](C3C[C@@](C)(OC)[C@@H](O)[C@H](C)O3)C(C)C(=O)OC(CC)[C@@](C)(O)[C@H](O)[C@@H](C)/C(=N/O)[C@H](C)C[C@@]2(C)O)O[C@H](C)C1. The van der Waals surface area contributed by atoms with Crippen molar-refractivity contribution >= 4 is 11.7 Å². The minimum absolute atomic E-state index is 0.0353. The number of hydrogen-bond donors (Lipinski definition) is 5. The standard InChI is InChI=1S/C40H70N2O11/c1-14-16-17-42(12)28-18-23(4)50-31(19-28)53-36-24(5)32(29-21-39(10,49-13)35(44)27(8)51-29)25(6)37(45)52-30(15-2)40(11,47)34(43)26(7)33(41-48)22(3)20-38(36,9)46/h1,22-32,34-36,43-44,46-48H,15-21H2,2-13H3/b41-33+/t22-,23-,24+,25?,26+,27+,28?,29?,30?,31?,32+,34-,35+,36-,38-,39-,40-/m1/s1. The molecule has 306 valence electrons. The van der Waals surface area contributed by atoms with Gasteiger partial charge >= 0.3 is 5.97 Å². The summed E-state index contributed by atoms with van der Waals surface area (Å²) in [4.78, 5) is 16.5. The smallest absolute Gasteiger partial charge is 0.309 e. The zero-order valence-electron chi connectivity index (χ0n) is 34.2. The summed E-state index contributed by atoms with van der Waals surface area (Å²) in [6, 6.07) is 0.0974. The quantitative estimate of drug-likeness (QED) is 0.105. The minimum Gasteiger partial charge on any atom is -0.459 e. The molecule has 3 rings (SSSR count). The van der Waals surface area contributed by atoms with Crippen molar-refractivity contribution in [1.82, 2.24) is 4.90 Å². The van der Waals surface area contributed by atoms with Crippen LogP contribution in [0.3, 0.4) is 0 Å². The van der Waals surface area contributed by atoms with Gasteiger partial charge in [0.25, 0.3) is 0 Å². The molecule has 13 heteroatoms. The topological polar surface area (TPSA) is 180 Å². The van der Waals surface area contributed by atoms with Gasteiger partial charge in [0, 0.05) is 56.7 Å². The van der Waals surface area contributed by atoms with Crippen molar-refractivity contribution in [2.24, 2.45) is 34.7 Å². The molecule has 3 aliphatic heterocycles. The first-order chi connectivity index (χ1) is 24.6. The monoisotopic (exact) mass is 754 g/mol. The second kappa shape index (κ2) is 18.4. The fraction of sp³-hybridized carbons (Fsp3) is 0.900. The van der Waals surface area contributed by atoms with E-state index in [0.717, 1.165) is 6.42 Å². The molecule has 0 aromatic rings. The molecule has 0 aliphatic carbocycles. The highest BCUT2D eigenvalue weighted by atomic mass is 16.7. The van der Waals surface area contributed by atoms with Crippen molar-refractivity contribution in [2.75, 3.05) is 20.7 Å². The van der Waals surface area contributed by atoms with Crippen LogP contribution in [0.4, 0.5) is 0 Å². The highest BCUT2D eigenvalue weighted by Crippen LogP contribution is 2.45. The van der Waals surface area contributed by atoms with Crippen LogP contribution in [0.25, 0.3) is 0 Å². The lowest BCUT2D eigenvalue weighted by Crippen LogP contribution is -2.61. The largest absolute Gasteiger partial charge is 0.459 e. The van der Waals surface area contributed by atoms with E-state index < -0.39 is 95.3 Å². The van der Waals surface area contributed by atoms with E-state index in [-0.39, 0.29) is 37.1 Å². The van der Waals surface area contributed by atoms with Gasteiger partial charge in [-0.1, -0.05) is 39.8 Å². The van der Waals surface area contributed by atoms with Gasteiger partial charge in [0.1, 0.15) is 17.8 Å². The van der Waals surface area contributed by atoms with Crippen LogP contribution < -0.4 is 0 Å². The number of hydrogen-bond acceptors (Lipinski definition) is 13. The second-order valence-corrected chi connectivity index (χ2v) is 17.0. The Kier molecular flexibility index (Phi) is 15.8. The minimum atomic E-state index is -1.92. The van der Waals surface area contributed by atoms with Gasteiger partial charge in [0.15, 0.2) is 6.29 Å². The van der Waals surface area contributed by atoms with E-state index in [4.69, 9.17) is 30.1 Å². The van der Waals surface area contributed by atoms with Gasteiger partial charge in [-0.05, 0) is 66.8 Å². The van der Waals surface area contributed by atoms with Crippen LogP contribution in [-0.4, -0.2) is 135 Å². The van der Waals surface area contributed by atoms with Crippen LogP contribution >= 0.6 is 0 Å². The van der Waals surface area contributed by atoms with Crippen molar-refractivity contribution in [1.29, 1.82) is 0 Å². The second-order valence-electron chi connectivity index (χ2n) is 17.0. The lowest BCUT2D eigenvalue weighted by molar-refractivity contribution is -0.275. The molecule has 0 aromatic heterocycles. The Balaban J connectivity index is 2.22. The van der Waals surface area contributed by atoms with Crippen LogP contribution in [0, 0.1) is 41.9 Å². The van der Waals surface area contributed by atoms with Crippen molar-refractivity contribution < 1.29 is 54.1 Å². The van der Waals surface area contributed by atoms with E-state index in [1.165, 1.54) is 14.0 Å². The summed E-state index contributed by atoms with van der Waals surface area (Å²) in [5.74, 6) is -1.55. The summed E-state index contributed by atoms with van der Waals surface area (Å²) in [6.07, 6.45) is 1.15. The summed E-state index contributed by atoms with van der Waals surface area (Å²) < 4.78 is 31.8. The van der Waals surface area contributed by atoms with Crippen LogP contribution in [-0.2, 0) is 28.5 Å². The third kappa shape index (κ3) is 10.1. The number of aliphatic hydroxyl groups excluding tert-OH is 2. The summed E-state index contributed by atoms with van der Waals surface area (Å²) in [7, 11) is 3.56. The van der Waals surface area contributed by atoms with Gasteiger partial charge in [-0.3, -0.25) is 4.79 Å². The van der Waals surface area contributed by atoms with E-state index >= 15 is 0 Å². The maximum Gasteiger partial charge on any atom is 0.309 e. The average Bonchev–Trinajstić information content (AvgIpc) is 3.09. The molecule has 0 bridgehead atoms. The van der Waals surface area contributed by atoms with Gasteiger partial charge in [-0.15, -0.1) is 12.3 Å². The third-order valence-electron chi connectivity index (χ3n) is 12.8. The normalized spacial score (nSPS) is 47.5. The fourth-order valence-corrected chi connectivity index (χ4v) is 9.46. The van der Waals surface area contributed by atoms with Crippen LogP contribution in [0.1, 0.15) is 108 Å². The highest BCUT2D eigenvalue weighted by molar-refractivity contribution is 5.88. The predicted octanol–water partition coefficient (Wildman–Crippen LogP) is 3.74. The van der Waals surface area contributed by atoms with Crippen LogP contribution in [0.15, 0.2) is 5.16 Å². The van der Waals surface area contributed by atoms with Gasteiger partial charge < -0.3 is 54.2 Å². The van der Waals surface area contributed by atoms with E-state index in [0.29, 0.717) is 19.4 Å². The first-order valence-corrected chi connectivity index (χ1v) is 19.5. The maximum atomic E-state index is 14.3. The van der Waals surface area contributed by atoms with Crippen molar-refractivity contribution in [2.45, 2.75) is 180 Å². The zero-order chi connectivity index (χ0) is 40.2. The number of rotatable bonds is 8. The number of esters is 1. The van der Waals surface area contributed by atoms with Crippen LogP contribution in [0.5, 0.6) is 0 Å². The molecule has 0 amide bonds. The molecule has 3 heterocycles. The van der Waals surface area contributed by atoms with E-state index in [9.17, 15) is 30.4 Å². The van der Waals surface area contributed by atoms with Crippen molar-refractivity contribution in [3.8, 4) is 12.3 Å². The lowest BCUT2D eigenvalue weighted by atomic mass is 9.67. The summed E-state index contributed by atoms with van der Waals surface area (Å²) in [5, 5.41) is 61.0. The molecule has 17 atom stereocenters. The molecule has 5 N–H and O–H groups in total. The molecular weight excluding hydrogens is 684 g/mol. The number of terminal acetylenes is 1. The molecule has 3 fully saturated rings.